The van der Waals surface area contributed by atoms with Crippen LogP contribution in [-0.2, 0) is 11.4 Å². The van der Waals surface area contributed by atoms with Crippen LogP contribution in [-0.4, -0.2) is 5.91 Å². The highest BCUT2D eigenvalue weighted by Gasteiger charge is 2.03. The zero-order chi connectivity index (χ0) is 19.1. The maximum absolute atomic E-state index is 12.2. The number of rotatable bonds is 6. The number of amides is 1. The number of aryl methyl sites for hydroxylation is 1. The molecule has 3 rings (SSSR count). The van der Waals surface area contributed by atoms with Crippen LogP contribution in [0.2, 0.25) is 0 Å². The van der Waals surface area contributed by atoms with E-state index in [0.717, 1.165) is 32.6 Å². The van der Waals surface area contributed by atoms with Gasteiger partial charge in [0.15, 0.2) is 0 Å². The van der Waals surface area contributed by atoms with E-state index in [1.807, 2.05) is 79.7 Å². The summed E-state index contributed by atoms with van der Waals surface area (Å²) in [5.74, 6) is 0.581. The first-order chi connectivity index (χ1) is 13.1. The summed E-state index contributed by atoms with van der Waals surface area (Å²) in [5.41, 5.74) is 3.89. The second-order valence-corrected chi connectivity index (χ2v) is 7.01. The van der Waals surface area contributed by atoms with Gasteiger partial charge in [-0.25, -0.2) is 0 Å². The minimum atomic E-state index is -0.185. The predicted molar refractivity (Wildman–Crippen MR) is 114 cm³/mol. The number of nitrogens with one attached hydrogen (secondary N) is 1. The lowest BCUT2D eigenvalue weighted by Gasteiger charge is -2.07. The van der Waals surface area contributed by atoms with Gasteiger partial charge in [-0.3, -0.25) is 4.79 Å². The molecule has 1 N–H and O–H groups in total. The Balaban J connectivity index is 1.60. The van der Waals surface area contributed by atoms with Crippen molar-refractivity contribution in [2.75, 3.05) is 5.32 Å². The quantitative estimate of drug-likeness (QED) is 0.496. The van der Waals surface area contributed by atoms with Gasteiger partial charge in [0.05, 0.1) is 5.69 Å². The Kier molecular flexibility index (Phi) is 6.44. The number of hydrogen-bond donors (Lipinski definition) is 1. The third-order valence-electron chi connectivity index (χ3n) is 3.92. The van der Waals surface area contributed by atoms with Crippen molar-refractivity contribution >= 4 is 33.6 Å². The van der Waals surface area contributed by atoms with E-state index in [1.54, 1.807) is 6.08 Å². The molecule has 0 fully saturated rings. The van der Waals surface area contributed by atoms with Gasteiger partial charge >= 0.3 is 0 Å². The van der Waals surface area contributed by atoms with E-state index in [-0.39, 0.29) is 5.91 Å². The fourth-order valence-electron chi connectivity index (χ4n) is 2.52. The Morgan fingerprint density at radius 2 is 1.85 bits per heavy atom. The van der Waals surface area contributed by atoms with E-state index < -0.39 is 0 Å². The standard InChI is InChI=1S/C23H20BrNO2/c1-17-10-12-22(21(24)14-17)25-23(26)13-11-18-8-5-9-20(15-18)27-16-19-6-3-2-4-7-19/h2-15H,16H2,1H3,(H,25,26)/b13-11+. The normalized spacial score (nSPS) is 10.7. The van der Waals surface area contributed by atoms with Gasteiger partial charge in [0.1, 0.15) is 12.4 Å². The van der Waals surface area contributed by atoms with Gasteiger partial charge in [-0.1, -0.05) is 48.5 Å². The summed E-state index contributed by atoms with van der Waals surface area (Å²) in [7, 11) is 0. The maximum Gasteiger partial charge on any atom is 0.248 e. The molecule has 0 heterocycles. The molecule has 4 heteroatoms. The highest BCUT2D eigenvalue weighted by molar-refractivity contribution is 9.10. The summed E-state index contributed by atoms with van der Waals surface area (Å²) < 4.78 is 6.68. The lowest BCUT2D eigenvalue weighted by Crippen LogP contribution is -2.08. The van der Waals surface area contributed by atoms with Crippen LogP contribution in [0.1, 0.15) is 16.7 Å². The lowest BCUT2D eigenvalue weighted by molar-refractivity contribution is -0.111. The third-order valence-corrected chi connectivity index (χ3v) is 4.57. The molecular formula is C23H20BrNO2. The van der Waals surface area contributed by atoms with Crippen LogP contribution >= 0.6 is 15.9 Å². The van der Waals surface area contributed by atoms with Crippen LogP contribution in [0.3, 0.4) is 0 Å². The molecule has 0 atom stereocenters. The van der Waals surface area contributed by atoms with Crippen molar-refractivity contribution in [3.05, 3.63) is 100 Å². The Bertz CT molecular complexity index is 952. The van der Waals surface area contributed by atoms with Crippen LogP contribution in [0.5, 0.6) is 5.75 Å². The van der Waals surface area contributed by atoms with Gasteiger partial charge in [0, 0.05) is 10.5 Å². The minimum Gasteiger partial charge on any atom is -0.489 e. The second-order valence-electron chi connectivity index (χ2n) is 6.15. The molecule has 0 saturated carbocycles. The van der Waals surface area contributed by atoms with Crippen molar-refractivity contribution in [3.8, 4) is 5.75 Å². The molecular weight excluding hydrogens is 402 g/mol. The molecule has 136 valence electrons. The van der Waals surface area contributed by atoms with E-state index in [2.05, 4.69) is 21.2 Å². The Labute approximate surface area is 167 Å². The molecule has 1 amide bonds. The number of anilines is 1. The summed E-state index contributed by atoms with van der Waals surface area (Å²) in [5, 5.41) is 2.87. The molecule has 0 radical (unpaired) electrons. The zero-order valence-corrected chi connectivity index (χ0v) is 16.6. The highest BCUT2D eigenvalue weighted by atomic mass is 79.9. The van der Waals surface area contributed by atoms with Crippen LogP contribution in [0, 0.1) is 6.92 Å². The molecule has 0 aliphatic carbocycles. The molecule has 0 bridgehead atoms. The maximum atomic E-state index is 12.2. The molecule has 0 aromatic heterocycles. The first-order valence-electron chi connectivity index (χ1n) is 8.62. The fourth-order valence-corrected chi connectivity index (χ4v) is 3.11. The monoisotopic (exact) mass is 421 g/mol. The predicted octanol–water partition coefficient (Wildman–Crippen LogP) is 5.99. The lowest BCUT2D eigenvalue weighted by atomic mass is 10.2. The summed E-state index contributed by atoms with van der Waals surface area (Å²) in [6.07, 6.45) is 3.29. The van der Waals surface area contributed by atoms with Crippen LogP contribution in [0.15, 0.2) is 83.3 Å². The average molecular weight is 422 g/mol. The summed E-state index contributed by atoms with van der Waals surface area (Å²) in [4.78, 5) is 12.2. The van der Waals surface area contributed by atoms with Crippen LogP contribution in [0.25, 0.3) is 6.08 Å². The van der Waals surface area contributed by atoms with Crippen molar-refractivity contribution in [1.82, 2.24) is 0 Å². The summed E-state index contributed by atoms with van der Waals surface area (Å²) in [6, 6.07) is 23.5. The van der Waals surface area contributed by atoms with Crippen molar-refractivity contribution in [3.63, 3.8) is 0 Å². The largest absolute Gasteiger partial charge is 0.489 e. The summed E-state index contributed by atoms with van der Waals surface area (Å²) >= 11 is 3.46. The number of benzene rings is 3. The molecule has 0 aliphatic rings. The Morgan fingerprint density at radius 1 is 1.04 bits per heavy atom. The Hall–Kier alpha value is -2.85. The van der Waals surface area contributed by atoms with Gasteiger partial charge in [-0.15, -0.1) is 0 Å². The summed E-state index contributed by atoms with van der Waals surface area (Å²) in [6.45, 7) is 2.51. The minimum absolute atomic E-state index is 0.185. The molecule has 0 spiro atoms. The first-order valence-corrected chi connectivity index (χ1v) is 9.41. The van der Waals surface area contributed by atoms with Crippen LogP contribution in [0.4, 0.5) is 5.69 Å². The molecule has 0 aliphatic heterocycles. The Morgan fingerprint density at radius 3 is 2.63 bits per heavy atom. The average Bonchev–Trinajstić information content (AvgIpc) is 2.68. The third kappa shape index (κ3) is 5.83. The molecule has 3 nitrogen and oxygen atoms in total. The van der Waals surface area contributed by atoms with Gasteiger partial charge in [0.2, 0.25) is 5.91 Å². The number of ether oxygens (including phenoxy) is 1. The number of hydrogen-bond acceptors (Lipinski definition) is 2. The van der Waals surface area contributed by atoms with Gasteiger partial charge in [0.25, 0.3) is 0 Å². The van der Waals surface area contributed by atoms with Crippen LogP contribution < -0.4 is 10.1 Å². The van der Waals surface area contributed by atoms with E-state index in [1.165, 1.54) is 6.08 Å². The molecule has 0 unspecified atom stereocenters. The van der Waals surface area contributed by atoms with Crippen molar-refractivity contribution in [2.45, 2.75) is 13.5 Å². The molecule has 0 saturated heterocycles. The first kappa shape index (κ1) is 18.9. The second kappa shape index (κ2) is 9.19. The SMILES string of the molecule is Cc1ccc(NC(=O)/C=C/c2cccc(OCc3ccccc3)c2)c(Br)c1. The van der Waals surface area contributed by atoms with Gasteiger partial charge in [-0.05, 0) is 69.9 Å². The van der Waals surface area contributed by atoms with E-state index in [4.69, 9.17) is 4.74 Å². The molecule has 3 aromatic rings. The van der Waals surface area contributed by atoms with E-state index >= 15 is 0 Å². The number of carbonyl (C=O) groups excluding carboxylic acids is 1. The van der Waals surface area contributed by atoms with Crippen molar-refractivity contribution < 1.29 is 9.53 Å². The van der Waals surface area contributed by atoms with Crippen molar-refractivity contribution in [1.29, 1.82) is 0 Å². The number of carbonyl (C=O) groups is 1. The number of halogens is 1. The molecule has 27 heavy (non-hydrogen) atoms. The smallest absolute Gasteiger partial charge is 0.248 e. The van der Waals surface area contributed by atoms with E-state index in [0.29, 0.717) is 6.61 Å². The molecule has 3 aromatic carbocycles. The zero-order valence-electron chi connectivity index (χ0n) is 15.0. The van der Waals surface area contributed by atoms with E-state index in [9.17, 15) is 4.79 Å². The van der Waals surface area contributed by atoms with Crippen molar-refractivity contribution in [2.24, 2.45) is 0 Å². The van der Waals surface area contributed by atoms with Gasteiger partial charge in [-0.2, -0.15) is 0 Å². The highest BCUT2D eigenvalue weighted by Crippen LogP contribution is 2.23. The van der Waals surface area contributed by atoms with Gasteiger partial charge < -0.3 is 10.1 Å². The topological polar surface area (TPSA) is 38.3 Å². The fraction of sp³-hybridized carbons (Fsp3) is 0.0870.